The number of rotatable bonds is 4. The van der Waals surface area contributed by atoms with E-state index in [2.05, 4.69) is 5.32 Å². The second-order valence-electron chi connectivity index (χ2n) is 4.11. The minimum absolute atomic E-state index is 0.263. The maximum absolute atomic E-state index is 11.9. The van der Waals surface area contributed by atoms with E-state index >= 15 is 0 Å². The van der Waals surface area contributed by atoms with E-state index in [1.807, 2.05) is 0 Å². The van der Waals surface area contributed by atoms with E-state index in [4.69, 9.17) is 9.47 Å². The van der Waals surface area contributed by atoms with Crippen molar-refractivity contribution in [1.82, 2.24) is 5.32 Å². The second-order valence-corrected chi connectivity index (χ2v) is 4.11. The Bertz CT molecular complexity index is 500. The molecule has 102 valence electrons. The van der Waals surface area contributed by atoms with Gasteiger partial charge in [-0.2, -0.15) is 0 Å². The molecular formula is C13H14NO5-. The fraction of sp³-hybridized carbons (Fsp3) is 0.385. The van der Waals surface area contributed by atoms with Crippen LogP contribution in [0.25, 0.3) is 0 Å². The lowest BCUT2D eigenvalue weighted by Gasteiger charge is -2.20. The molecule has 0 bridgehead atoms. The summed E-state index contributed by atoms with van der Waals surface area (Å²) in [5.41, 5.74) is 0.323. The topological polar surface area (TPSA) is 87.7 Å². The van der Waals surface area contributed by atoms with Crippen molar-refractivity contribution in [2.75, 3.05) is 13.2 Å². The van der Waals surface area contributed by atoms with Gasteiger partial charge in [0, 0.05) is 5.56 Å². The summed E-state index contributed by atoms with van der Waals surface area (Å²) in [6.07, 6.45) is 0.263. The van der Waals surface area contributed by atoms with Crippen LogP contribution in [0.1, 0.15) is 23.7 Å². The number of hydrogen-bond donors (Lipinski definition) is 1. The van der Waals surface area contributed by atoms with Crippen molar-refractivity contribution in [1.29, 1.82) is 0 Å². The zero-order valence-electron chi connectivity index (χ0n) is 10.5. The van der Waals surface area contributed by atoms with Gasteiger partial charge in [-0.15, -0.1) is 0 Å². The number of fused-ring (bicyclic) bond motifs is 1. The largest absolute Gasteiger partial charge is 0.548 e. The molecule has 6 heteroatoms. The summed E-state index contributed by atoms with van der Waals surface area (Å²) in [5, 5.41) is 13.2. The first-order valence-corrected chi connectivity index (χ1v) is 6.03. The van der Waals surface area contributed by atoms with Crippen LogP contribution in [-0.2, 0) is 4.79 Å². The Morgan fingerprint density at radius 3 is 2.63 bits per heavy atom. The maximum atomic E-state index is 11.9. The van der Waals surface area contributed by atoms with Crippen molar-refractivity contribution < 1.29 is 24.2 Å². The molecule has 1 amide bonds. The van der Waals surface area contributed by atoms with E-state index in [-0.39, 0.29) is 6.42 Å². The van der Waals surface area contributed by atoms with Crippen LogP contribution in [0.3, 0.4) is 0 Å². The minimum atomic E-state index is -1.30. The molecule has 0 unspecified atom stereocenters. The molecule has 6 nitrogen and oxygen atoms in total. The number of carbonyl (C=O) groups is 2. The Kier molecular flexibility index (Phi) is 3.89. The average molecular weight is 264 g/mol. The van der Waals surface area contributed by atoms with Crippen LogP contribution in [0.4, 0.5) is 0 Å². The van der Waals surface area contributed by atoms with Gasteiger partial charge in [-0.05, 0) is 24.6 Å². The van der Waals surface area contributed by atoms with Crippen LogP contribution in [0, 0.1) is 0 Å². The summed E-state index contributed by atoms with van der Waals surface area (Å²) < 4.78 is 10.7. The molecule has 1 atom stereocenters. The first kappa shape index (κ1) is 13.2. The Balaban J connectivity index is 2.13. The van der Waals surface area contributed by atoms with Crippen molar-refractivity contribution >= 4 is 11.9 Å². The van der Waals surface area contributed by atoms with E-state index < -0.39 is 17.9 Å². The van der Waals surface area contributed by atoms with Gasteiger partial charge in [0.1, 0.15) is 13.2 Å². The third-order valence-electron chi connectivity index (χ3n) is 2.80. The summed E-state index contributed by atoms with van der Waals surface area (Å²) in [6, 6.07) is 3.72. The molecule has 0 aliphatic carbocycles. The number of carbonyl (C=O) groups excluding carboxylic acids is 2. The molecule has 0 fully saturated rings. The lowest BCUT2D eigenvalue weighted by Crippen LogP contribution is -2.47. The monoisotopic (exact) mass is 264 g/mol. The molecule has 1 heterocycles. The Labute approximate surface area is 110 Å². The highest BCUT2D eigenvalue weighted by Crippen LogP contribution is 2.30. The number of ether oxygens (including phenoxy) is 2. The van der Waals surface area contributed by atoms with Gasteiger partial charge in [0.2, 0.25) is 0 Å². The SMILES string of the molecule is CC[C@H](NC(=O)c1ccc2c(c1)OCCO2)C(=O)[O-]. The molecular weight excluding hydrogens is 250 g/mol. The van der Waals surface area contributed by atoms with Gasteiger partial charge < -0.3 is 24.7 Å². The van der Waals surface area contributed by atoms with Crippen LogP contribution in [0.2, 0.25) is 0 Å². The molecule has 0 saturated carbocycles. The van der Waals surface area contributed by atoms with Gasteiger partial charge in [0.05, 0.1) is 12.0 Å². The fourth-order valence-corrected chi connectivity index (χ4v) is 1.75. The fourth-order valence-electron chi connectivity index (χ4n) is 1.75. The minimum Gasteiger partial charge on any atom is -0.548 e. The van der Waals surface area contributed by atoms with E-state index in [1.54, 1.807) is 19.1 Å². The lowest BCUT2D eigenvalue weighted by molar-refractivity contribution is -0.308. The quantitative estimate of drug-likeness (QED) is 0.807. The Morgan fingerprint density at radius 1 is 1.32 bits per heavy atom. The highest BCUT2D eigenvalue weighted by molar-refractivity contribution is 5.97. The molecule has 2 rings (SSSR count). The van der Waals surface area contributed by atoms with Crippen molar-refractivity contribution in [3.63, 3.8) is 0 Å². The first-order valence-electron chi connectivity index (χ1n) is 6.03. The van der Waals surface area contributed by atoms with E-state index in [1.165, 1.54) is 6.07 Å². The van der Waals surface area contributed by atoms with Crippen LogP contribution < -0.4 is 19.9 Å². The molecule has 0 aromatic heterocycles. The number of carboxylic acids is 1. The van der Waals surface area contributed by atoms with E-state index in [9.17, 15) is 14.7 Å². The van der Waals surface area contributed by atoms with Gasteiger partial charge in [-0.3, -0.25) is 4.79 Å². The Hall–Kier alpha value is -2.24. The molecule has 1 aliphatic rings. The van der Waals surface area contributed by atoms with Crippen LogP contribution in [0.5, 0.6) is 11.5 Å². The predicted molar refractivity (Wildman–Crippen MR) is 64.0 cm³/mol. The highest BCUT2D eigenvalue weighted by Gasteiger charge is 2.17. The van der Waals surface area contributed by atoms with E-state index in [0.29, 0.717) is 30.3 Å². The summed E-state index contributed by atoms with van der Waals surface area (Å²) >= 11 is 0. The smallest absolute Gasteiger partial charge is 0.251 e. The zero-order chi connectivity index (χ0) is 13.8. The summed E-state index contributed by atoms with van der Waals surface area (Å²) in [6.45, 7) is 2.56. The van der Waals surface area contributed by atoms with Gasteiger partial charge >= 0.3 is 0 Å². The Morgan fingerprint density at radius 2 is 2.00 bits per heavy atom. The molecule has 0 spiro atoms. The number of hydrogen-bond acceptors (Lipinski definition) is 5. The molecule has 0 radical (unpaired) electrons. The standard InChI is InChI=1S/C13H15NO5/c1-2-9(13(16)17)14-12(15)8-3-4-10-11(7-8)19-6-5-18-10/h3-4,7,9H,2,5-6H2,1H3,(H,14,15)(H,16,17)/p-1/t9-/m0/s1. The molecule has 1 aliphatic heterocycles. The predicted octanol–water partition coefficient (Wildman–Crippen LogP) is -0.284. The van der Waals surface area contributed by atoms with Crippen LogP contribution in [-0.4, -0.2) is 31.1 Å². The summed E-state index contributed by atoms with van der Waals surface area (Å²) in [4.78, 5) is 22.7. The van der Waals surface area contributed by atoms with Crippen LogP contribution in [0.15, 0.2) is 18.2 Å². The van der Waals surface area contributed by atoms with Crippen LogP contribution >= 0.6 is 0 Å². The number of benzene rings is 1. The number of amides is 1. The summed E-state index contributed by atoms with van der Waals surface area (Å²) in [5.74, 6) is -0.712. The molecule has 19 heavy (non-hydrogen) atoms. The first-order chi connectivity index (χ1) is 9.11. The van der Waals surface area contributed by atoms with Crippen molar-refractivity contribution in [3.05, 3.63) is 23.8 Å². The molecule has 1 aromatic rings. The van der Waals surface area contributed by atoms with Crippen molar-refractivity contribution in [2.45, 2.75) is 19.4 Å². The van der Waals surface area contributed by atoms with E-state index in [0.717, 1.165) is 0 Å². The average Bonchev–Trinajstić information content (AvgIpc) is 2.43. The number of carboxylic acid groups (broad SMARTS) is 1. The van der Waals surface area contributed by atoms with Gasteiger partial charge in [-0.25, -0.2) is 0 Å². The van der Waals surface area contributed by atoms with Gasteiger partial charge in [-0.1, -0.05) is 6.92 Å². The lowest BCUT2D eigenvalue weighted by atomic mass is 10.1. The normalized spacial score (nSPS) is 14.6. The van der Waals surface area contributed by atoms with Crippen molar-refractivity contribution in [2.24, 2.45) is 0 Å². The summed E-state index contributed by atoms with van der Waals surface area (Å²) in [7, 11) is 0. The number of aliphatic carboxylic acids is 1. The third-order valence-corrected chi connectivity index (χ3v) is 2.80. The van der Waals surface area contributed by atoms with Crippen molar-refractivity contribution in [3.8, 4) is 11.5 Å². The third kappa shape index (κ3) is 2.96. The molecule has 1 aromatic carbocycles. The zero-order valence-corrected chi connectivity index (χ0v) is 10.5. The van der Waals surface area contributed by atoms with Gasteiger partial charge in [0.25, 0.3) is 5.91 Å². The maximum Gasteiger partial charge on any atom is 0.251 e. The molecule has 0 saturated heterocycles. The van der Waals surface area contributed by atoms with Gasteiger partial charge in [0.15, 0.2) is 11.5 Å². The number of nitrogens with one attached hydrogen (secondary N) is 1. The molecule has 1 N–H and O–H groups in total. The second kappa shape index (κ2) is 5.60. The highest BCUT2D eigenvalue weighted by atomic mass is 16.6.